The van der Waals surface area contributed by atoms with Crippen LogP contribution in [0.15, 0.2) is 42.5 Å². The van der Waals surface area contributed by atoms with E-state index in [1.165, 1.54) is 43.4 Å². The Morgan fingerprint density at radius 3 is 1.58 bits per heavy atom. The van der Waals surface area contributed by atoms with Gasteiger partial charge in [0.2, 0.25) is 0 Å². The van der Waals surface area contributed by atoms with Gasteiger partial charge in [-0.25, -0.2) is 0 Å². The maximum absolute atomic E-state index is 6.58. The smallest absolute Gasteiger partial charge is 0.399 e. The largest absolute Gasteiger partial charge is 0.495 e. The molecule has 0 bridgehead atoms. The second kappa shape index (κ2) is 6.74. The fourth-order valence-electron chi connectivity index (χ4n) is 4.98. The Labute approximate surface area is 199 Å². The Bertz CT molecular complexity index is 1370. The first-order valence-electron chi connectivity index (χ1n) is 12.2. The lowest BCUT2D eigenvalue weighted by molar-refractivity contribution is 0.00578. The molecule has 3 heteroatoms. The second-order valence-electron chi connectivity index (χ2n) is 13.0. The third-order valence-corrected chi connectivity index (χ3v) is 7.92. The van der Waals surface area contributed by atoms with Gasteiger partial charge in [0.25, 0.3) is 0 Å². The molecule has 1 saturated heterocycles. The van der Waals surface area contributed by atoms with E-state index < -0.39 is 7.12 Å². The van der Waals surface area contributed by atoms with Gasteiger partial charge in [0.05, 0.1) is 11.2 Å². The molecule has 5 rings (SSSR count). The molecule has 2 nitrogen and oxygen atoms in total. The zero-order chi connectivity index (χ0) is 24.1. The lowest BCUT2D eigenvalue weighted by Gasteiger charge is -2.32. The Balaban J connectivity index is 1.90. The van der Waals surface area contributed by atoms with Crippen molar-refractivity contribution < 1.29 is 9.31 Å². The van der Waals surface area contributed by atoms with E-state index in [2.05, 4.69) is 112 Å². The number of hydrogen-bond donors (Lipinski definition) is 0. The van der Waals surface area contributed by atoms with Crippen molar-refractivity contribution in [1.29, 1.82) is 0 Å². The van der Waals surface area contributed by atoms with Crippen LogP contribution in [0.4, 0.5) is 0 Å². The van der Waals surface area contributed by atoms with Crippen molar-refractivity contribution in [3.05, 3.63) is 53.6 Å². The molecule has 0 aliphatic carbocycles. The molecular weight excluding hydrogens is 403 g/mol. The zero-order valence-electron chi connectivity index (χ0n) is 21.9. The number of rotatable bonds is 1. The highest BCUT2D eigenvalue weighted by atomic mass is 16.7. The molecule has 4 aromatic carbocycles. The molecule has 4 aromatic rings. The van der Waals surface area contributed by atoms with Crippen molar-refractivity contribution in [2.24, 2.45) is 0 Å². The Morgan fingerprint density at radius 1 is 0.606 bits per heavy atom. The van der Waals surface area contributed by atoms with Gasteiger partial charge in [-0.15, -0.1) is 0 Å². The monoisotopic (exact) mass is 440 g/mol. The van der Waals surface area contributed by atoms with Gasteiger partial charge >= 0.3 is 7.12 Å². The lowest BCUT2D eigenvalue weighted by Crippen LogP contribution is -2.41. The molecule has 0 atom stereocenters. The van der Waals surface area contributed by atoms with Crippen molar-refractivity contribution >= 4 is 44.9 Å². The molecule has 0 N–H and O–H groups in total. The summed E-state index contributed by atoms with van der Waals surface area (Å²) >= 11 is 0. The molecule has 33 heavy (non-hydrogen) atoms. The van der Waals surface area contributed by atoms with Gasteiger partial charge in [0, 0.05) is 0 Å². The minimum atomic E-state index is -0.393. The first-order chi connectivity index (χ1) is 15.1. The highest BCUT2D eigenvalue weighted by molar-refractivity contribution is 6.66. The summed E-state index contributed by atoms with van der Waals surface area (Å²) in [5.74, 6) is 0. The van der Waals surface area contributed by atoms with E-state index in [-0.39, 0.29) is 22.0 Å². The van der Waals surface area contributed by atoms with Crippen LogP contribution in [0.2, 0.25) is 0 Å². The van der Waals surface area contributed by atoms with Crippen LogP contribution >= 0.6 is 0 Å². The lowest BCUT2D eigenvalue weighted by atomic mass is 9.72. The normalized spacial score (nSPS) is 18.8. The molecular formula is C30H37BO2. The summed E-state index contributed by atoms with van der Waals surface area (Å²) in [6.45, 7) is 22.2. The molecule has 0 spiro atoms. The number of hydrogen-bond acceptors (Lipinski definition) is 2. The summed E-state index contributed by atoms with van der Waals surface area (Å²) in [6.07, 6.45) is 0. The van der Waals surface area contributed by atoms with E-state index >= 15 is 0 Å². The molecule has 1 aliphatic heterocycles. The third kappa shape index (κ3) is 3.47. The Morgan fingerprint density at radius 2 is 1.06 bits per heavy atom. The summed E-state index contributed by atoms with van der Waals surface area (Å²) in [6, 6.07) is 16.4. The van der Waals surface area contributed by atoms with Crippen LogP contribution in [0.25, 0.3) is 32.3 Å². The molecule has 0 radical (unpaired) electrons. The SMILES string of the molecule is CC(C)(C)c1cc2ccc3cc(C(C)(C)C)cc4c(B5OC(C)(C)C(C)(C)O5)cc(c1)c2c34. The van der Waals surface area contributed by atoms with Crippen molar-refractivity contribution in [1.82, 2.24) is 0 Å². The summed E-state index contributed by atoms with van der Waals surface area (Å²) in [7, 11) is -0.393. The van der Waals surface area contributed by atoms with E-state index in [9.17, 15) is 0 Å². The molecule has 0 saturated carbocycles. The van der Waals surface area contributed by atoms with Crippen LogP contribution < -0.4 is 5.46 Å². The molecule has 1 aliphatic rings. The topological polar surface area (TPSA) is 18.5 Å². The van der Waals surface area contributed by atoms with Crippen molar-refractivity contribution in [3.63, 3.8) is 0 Å². The molecule has 0 amide bonds. The van der Waals surface area contributed by atoms with Crippen LogP contribution in [0.3, 0.4) is 0 Å². The van der Waals surface area contributed by atoms with Gasteiger partial charge < -0.3 is 9.31 Å². The highest BCUT2D eigenvalue weighted by Gasteiger charge is 2.52. The zero-order valence-corrected chi connectivity index (χ0v) is 21.9. The summed E-state index contributed by atoms with van der Waals surface area (Å²) in [5, 5.41) is 7.77. The number of benzene rings is 4. The van der Waals surface area contributed by atoms with Crippen molar-refractivity contribution in [2.75, 3.05) is 0 Å². The van der Waals surface area contributed by atoms with Crippen molar-refractivity contribution in [3.8, 4) is 0 Å². The quantitative estimate of drug-likeness (QED) is 0.226. The highest BCUT2D eigenvalue weighted by Crippen LogP contribution is 2.42. The second-order valence-corrected chi connectivity index (χ2v) is 13.0. The molecule has 1 fully saturated rings. The van der Waals surface area contributed by atoms with Gasteiger partial charge in [0.1, 0.15) is 0 Å². The van der Waals surface area contributed by atoms with Crippen LogP contribution in [0, 0.1) is 0 Å². The van der Waals surface area contributed by atoms with Gasteiger partial charge in [-0.2, -0.15) is 0 Å². The molecule has 1 heterocycles. The molecule has 0 unspecified atom stereocenters. The van der Waals surface area contributed by atoms with Gasteiger partial charge in [-0.3, -0.25) is 0 Å². The predicted octanol–water partition coefficient (Wildman–Crippen LogP) is 7.48. The maximum atomic E-state index is 6.58. The van der Waals surface area contributed by atoms with Crippen LogP contribution in [0.1, 0.15) is 80.4 Å². The summed E-state index contributed by atoms with van der Waals surface area (Å²) < 4.78 is 13.2. The fourth-order valence-corrected chi connectivity index (χ4v) is 4.98. The predicted molar refractivity (Wildman–Crippen MR) is 143 cm³/mol. The van der Waals surface area contributed by atoms with Crippen LogP contribution in [-0.4, -0.2) is 18.3 Å². The average molecular weight is 440 g/mol. The van der Waals surface area contributed by atoms with E-state index in [1.54, 1.807) is 0 Å². The van der Waals surface area contributed by atoms with Gasteiger partial charge in [-0.1, -0.05) is 84.0 Å². The Kier molecular flexibility index (Phi) is 4.63. The maximum Gasteiger partial charge on any atom is 0.495 e. The standard InChI is InChI=1S/C30H37BO2/c1-27(2,3)21-13-18-11-12-19-14-22(28(4,5)6)17-23-24(16-20(15-21)25(18)26(19)23)31-32-29(7,8)30(9,10)33-31/h11-17H,1-10H3. The van der Waals surface area contributed by atoms with E-state index in [0.717, 1.165) is 5.46 Å². The minimum Gasteiger partial charge on any atom is -0.399 e. The average Bonchev–Trinajstić information content (AvgIpc) is 2.90. The summed E-state index contributed by atoms with van der Waals surface area (Å²) in [5.41, 5.74) is 3.20. The first-order valence-corrected chi connectivity index (χ1v) is 12.2. The fraction of sp³-hybridized carbons (Fsp3) is 0.467. The molecule has 172 valence electrons. The van der Waals surface area contributed by atoms with E-state index in [0.29, 0.717) is 0 Å². The van der Waals surface area contributed by atoms with Crippen LogP contribution in [-0.2, 0) is 20.1 Å². The third-order valence-electron chi connectivity index (χ3n) is 7.92. The van der Waals surface area contributed by atoms with Gasteiger partial charge in [0.15, 0.2) is 0 Å². The minimum absolute atomic E-state index is 0.0526. The van der Waals surface area contributed by atoms with Crippen molar-refractivity contribution in [2.45, 2.75) is 91.3 Å². The molecule has 0 aromatic heterocycles. The van der Waals surface area contributed by atoms with Crippen LogP contribution in [0.5, 0.6) is 0 Å². The summed E-state index contributed by atoms with van der Waals surface area (Å²) in [4.78, 5) is 0. The van der Waals surface area contributed by atoms with E-state index in [1.807, 2.05) is 0 Å². The Hall–Kier alpha value is -2.10. The van der Waals surface area contributed by atoms with E-state index in [4.69, 9.17) is 9.31 Å². The first kappa shape index (κ1) is 22.7. The van der Waals surface area contributed by atoms with Gasteiger partial charge in [-0.05, 0) is 87.4 Å².